The third kappa shape index (κ3) is 6.02. The Bertz CT molecular complexity index is 1050. The van der Waals surface area contributed by atoms with E-state index in [1.807, 2.05) is 38.1 Å². The Labute approximate surface area is 206 Å². The zero-order valence-corrected chi connectivity index (χ0v) is 20.4. The highest BCUT2D eigenvalue weighted by molar-refractivity contribution is 5.79. The van der Waals surface area contributed by atoms with Crippen molar-refractivity contribution in [3.8, 4) is 11.1 Å². The van der Waals surface area contributed by atoms with Gasteiger partial charge in [-0.15, -0.1) is 0 Å². The predicted molar refractivity (Wildman–Crippen MR) is 133 cm³/mol. The van der Waals surface area contributed by atoms with Gasteiger partial charge in [-0.3, -0.25) is 9.59 Å². The molecule has 1 saturated carbocycles. The van der Waals surface area contributed by atoms with Gasteiger partial charge >= 0.3 is 12.1 Å². The molecule has 3 N–H and O–H groups in total. The molecule has 2 amide bonds. The molecule has 0 bridgehead atoms. The van der Waals surface area contributed by atoms with Crippen LogP contribution in [0, 0.1) is 11.3 Å². The number of amides is 2. The van der Waals surface area contributed by atoms with Gasteiger partial charge in [-0.05, 0) is 46.4 Å². The van der Waals surface area contributed by atoms with E-state index in [0.717, 1.165) is 30.4 Å². The second-order valence-electron chi connectivity index (χ2n) is 10.5. The molecule has 4 rings (SSSR count). The molecule has 2 aromatic rings. The Kier molecular flexibility index (Phi) is 7.43. The molecule has 0 spiro atoms. The zero-order chi connectivity index (χ0) is 25.0. The van der Waals surface area contributed by atoms with Crippen LogP contribution in [-0.2, 0) is 14.3 Å². The third-order valence-corrected chi connectivity index (χ3v) is 7.14. The highest BCUT2D eigenvalue weighted by Crippen LogP contribution is 2.44. The van der Waals surface area contributed by atoms with Gasteiger partial charge in [-0.1, -0.05) is 68.8 Å². The van der Waals surface area contributed by atoms with Gasteiger partial charge in [0.2, 0.25) is 5.91 Å². The van der Waals surface area contributed by atoms with Gasteiger partial charge in [0.15, 0.2) is 0 Å². The number of rotatable bonds is 9. The van der Waals surface area contributed by atoms with Crippen molar-refractivity contribution < 1.29 is 24.2 Å². The van der Waals surface area contributed by atoms with Gasteiger partial charge in [-0.25, -0.2) is 4.79 Å². The lowest BCUT2D eigenvalue weighted by Crippen LogP contribution is -2.42. The molecule has 0 radical (unpaired) electrons. The van der Waals surface area contributed by atoms with Crippen molar-refractivity contribution in [3.63, 3.8) is 0 Å². The number of benzene rings is 2. The summed E-state index contributed by atoms with van der Waals surface area (Å²) < 4.78 is 5.59. The number of ether oxygens (including phenoxy) is 1. The summed E-state index contributed by atoms with van der Waals surface area (Å²) in [5.74, 6) is -0.967. The number of carboxylic acid groups (broad SMARTS) is 1. The van der Waals surface area contributed by atoms with Crippen molar-refractivity contribution in [1.29, 1.82) is 0 Å². The van der Waals surface area contributed by atoms with Crippen LogP contribution in [0.5, 0.6) is 0 Å². The first-order valence-corrected chi connectivity index (χ1v) is 12.3. The monoisotopic (exact) mass is 478 g/mol. The smallest absolute Gasteiger partial charge is 0.407 e. The lowest BCUT2D eigenvalue weighted by atomic mass is 9.88. The quantitative estimate of drug-likeness (QED) is 0.485. The number of carbonyl (C=O) groups is 3. The molecule has 2 atom stereocenters. The summed E-state index contributed by atoms with van der Waals surface area (Å²) in [5, 5.41) is 14.9. The maximum atomic E-state index is 12.6. The lowest BCUT2D eigenvalue weighted by Gasteiger charge is -2.26. The van der Waals surface area contributed by atoms with Crippen LogP contribution in [0.15, 0.2) is 48.5 Å². The molecule has 186 valence electrons. The first-order chi connectivity index (χ1) is 16.7. The highest BCUT2D eigenvalue weighted by atomic mass is 16.5. The topological polar surface area (TPSA) is 105 Å². The second kappa shape index (κ2) is 10.5. The van der Waals surface area contributed by atoms with Crippen LogP contribution < -0.4 is 10.6 Å². The number of fused-ring (bicyclic) bond motifs is 3. The molecule has 2 aliphatic carbocycles. The first-order valence-electron chi connectivity index (χ1n) is 12.3. The Morgan fingerprint density at radius 3 is 2.26 bits per heavy atom. The Morgan fingerprint density at radius 1 is 1.00 bits per heavy atom. The van der Waals surface area contributed by atoms with E-state index in [1.54, 1.807) is 0 Å². The van der Waals surface area contributed by atoms with Crippen LogP contribution in [0.3, 0.4) is 0 Å². The maximum absolute atomic E-state index is 12.6. The molecule has 35 heavy (non-hydrogen) atoms. The van der Waals surface area contributed by atoms with Crippen LogP contribution in [0.4, 0.5) is 4.79 Å². The molecule has 2 unspecified atom stereocenters. The summed E-state index contributed by atoms with van der Waals surface area (Å²) in [6.45, 7) is 4.37. The lowest BCUT2D eigenvalue weighted by molar-refractivity contribution is -0.138. The molecule has 2 aliphatic rings. The van der Waals surface area contributed by atoms with Gasteiger partial charge in [0, 0.05) is 24.9 Å². The molecule has 0 heterocycles. The summed E-state index contributed by atoms with van der Waals surface area (Å²) in [7, 11) is 0. The third-order valence-electron chi connectivity index (χ3n) is 7.14. The number of hydrogen-bond acceptors (Lipinski definition) is 4. The molecule has 7 nitrogen and oxygen atoms in total. The van der Waals surface area contributed by atoms with E-state index in [9.17, 15) is 14.4 Å². The van der Waals surface area contributed by atoms with Gasteiger partial charge in [0.25, 0.3) is 0 Å². The minimum atomic E-state index is -0.830. The van der Waals surface area contributed by atoms with E-state index >= 15 is 0 Å². The van der Waals surface area contributed by atoms with Crippen LogP contribution in [0.2, 0.25) is 0 Å². The second-order valence-corrected chi connectivity index (χ2v) is 10.5. The molecular weight excluding hydrogens is 444 g/mol. The number of carboxylic acids is 1. The van der Waals surface area contributed by atoms with E-state index in [2.05, 4.69) is 34.9 Å². The minimum Gasteiger partial charge on any atom is -0.481 e. The number of nitrogens with one attached hydrogen (secondary N) is 2. The average Bonchev–Trinajstić information content (AvgIpc) is 3.37. The van der Waals surface area contributed by atoms with Gasteiger partial charge in [-0.2, -0.15) is 0 Å². The maximum Gasteiger partial charge on any atom is 0.407 e. The van der Waals surface area contributed by atoms with Crippen LogP contribution in [0.25, 0.3) is 11.1 Å². The molecule has 0 saturated heterocycles. The highest BCUT2D eigenvalue weighted by Gasteiger charge is 2.32. The standard InChI is InChI=1S/C28H34N2O5/c1-28(2,15-25(31)30-24-13-7-8-18(24)14-26(32)33)17-29-27(34)35-16-23-21-11-5-3-9-19(21)20-10-4-6-12-22(20)23/h3-6,9-12,18,23-24H,7-8,13-17H2,1-2H3,(H,29,34)(H,30,31)(H,32,33). The molecule has 7 heteroatoms. The average molecular weight is 479 g/mol. The van der Waals surface area contributed by atoms with Crippen molar-refractivity contribution in [2.45, 2.75) is 57.9 Å². The predicted octanol–water partition coefficient (Wildman–Crippen LogP) is 4.70. The molecule has 0 aliphatic heterocycles. The Morgan fingerprint density at radius 2 is 1.63 bits per heavy atom. The normalized spacial score (nSPS) is 19.0. The van der Waals surface area contributed by atoms with E-state index < -0.39 is 17.5 Å². The van der Waals surface area contributed by atoms with Crippen molar-refractivity contribution in [1.82, 2.24) is 10.6 Å². The van der Waals surface area contributed by atoms with Crippen LogP contribution >= 0.6 is 0 Å². The SMILES string of the molecule is CC(C)(CNC(=O)OCC1c2ccccc2-c2ccccc21)CC(=O)NC1CCCC1CC(=O)O. The summed E-state index contributed by atoms with van der Waals surface area (Å²) in [5.41, 5.74) is 4.20. The van der Waals surface area contributed by atoms with E-state index in [0.29, 0.717) is 6.54 Å². The summed E-state index contributed by atoms with van der Waals surface area (Å²) >= 11 is 0. The zero-order valence-electron chi connectivity index (χ0n) is 20.4. The number of carbonyl (C=O) groups excluding carboxylic acids is 2. The van der Waals surface area contributed by atoms with Crippen molar-refractivity contribution in [2.75, 3.05) is 13.2 Å². The molecule has 2 aromatic carbocycles. The summed E-state index contributed by atoms with van der Waals surface area (Å²) in [4.78, 5) is 36.2. The number of aliphatic carboxylic acids is 1. The fraction of sp³-hybridized carbons (Fsp3) is 0.464. The minimum absolute atomic E-state index is 0.00269. The number of alkyl carbamates (subject to hydrolysis) is 1. The molecular formula is C28H34N2O5. The van der Waals surface area contributed by atoms with Crippen molar-refractivity contribution in [3.05, 3.63) is 59.7 Å². The van der Waals surface area contributed by atoms with Gasteiger partial charge < -0.3 is 20.5 Å². The molecule has 0 aromatic heterocycles. The molecule has 1 fully saturated rings. The van der Waals surface area contributed by atoms with E-state index in [1.165, 1.54) is 11.1 Å². The van der Waals surface area contributed by atoms with Gasteiger partial charge in [0.1, 0.15) is 6.61 Å². The fourth-order valence-corrected chi connectivity index (χ4v) is 5.41. The van der Waals surface area contributed by atoms with Crippen LogP contribution in [-0.4, -0.2) is 42.3 Å². The summed E-state index contributed by atoms with van der Waals surface area (Å²) in [6, 6.07) is 16.3. The largest absolute Gasteiger partial charge is 0.481 e. The number of hydrogen-bond donors (Lipinski definition) is 3. The van der Waals surface area contributed by atoms with Crippen LogP contribution in [0.1, 0.15) is 63.0 Å². The van der Waals surface area contributed by atoms with Crippen molar-refractivity contribution >= 4 is 18.0 Å². The van der Waals surface area contributed by atoms with E-state index in [4.69, 9.17) is 9.84 Å². The van der Waals surface area contributed by atoms with Gasteiger partial charge in [0.05, 0.1) is 6.42 Å². The Hall–Kier alpha value is -3.35. The van der Waals surface area contributed by atoms with E-state index in [-0.39, 0.29) is 43.2 Å². The van der Waals surface area contributed by atoms with Crippen molar-refractivity contribution in [2.24, 2.45) is 11.3 Å². The Balaban J connectivity index is 1.25. The summed E-state index contributed by atoms with van der Waals surface area (Å²) in [6.07, 6.45) is 2.37. The fourth-order valence-electron chi connectivity index (χ4n) is 5.41. The first kappa shape index (κ1) is 24.8.